The van der Waals surface area contributed by atoms with Crippen molar-refractivity contribution in [2.75, 3.05) is 19.6 Å². The Balaban J connectivity index is 1.64. The van der Waals surface area contributed by atoms with Crippen LogP contribution in [0.15, 0.2) is 0 Å². The monoisotopic (exact) mass is 295 g/mol. The molecule has 2 heterocycles. The minimum absolute atomic E-state index is 0.114. The number of nitrogens with zero attached hydrogens (tertiary/aromatic N) is 1. The van der Waals surface area contributed by atoms with E-state index in [2.05, 4.69) is 10.6 Å². The number of hydrogen-bond acceptors (Lipinski definition) is 3. The van der Waals surface area contributed by atoms with E-state index in [1.165, 1.54) is 19.3 Å². The molecule has 2 aliphatic heterocycles. The number of nitrogens with one attached hydrogen (secondary N) is 2. The average Bonchev–Trinajstić information content (AvgIpc) is 2.54. The van der Waals surface area contributed by atoms with Crippen LogP contribution in [-0.2, 0) is 9.59 Å². The first-order valence-corrected chi connectivity index (χ1v) is 8.49. The molecule has 2 aliphatic rings. The van der Waals surface area contributed by atoms with Crippen LogP contribution in [-0.4, -0.2) is 48.4 Å². The Bertz CT molecular complexity index is 345. The largest absolute Gasteiger partial charge is 0.353 e. The Labute approximate surface area is 127 Å². The molecular formula is C16H29N3O2. The molecule has 0 aliphatic carbocycles. The number of amides is 2. The zero-order valence-corrected chi connectivity index (χ0v) is 13.2. The molecule has 0 radical (unpaired) electrons. The lowest BCUT2D eigenvalue weighted by atomic mass is 9.99. The van der Waals surface area contributed by atoms with Crippen LogP contribution in [0.25, 0.3) is 0 Å². The number of piperidine rings is 2. The standard InChI is InChI=1S/C16H29N3O2/c1-2-15(20)18-14-8-11-19(12-9-14)16(21)7-6-13-5-3-4-10-17-13/h13-14,17H,2-12H2,1H3,(H,18,20). The Morgan fingerprint density at radius 3 is 2.57 bits per heavy atom. The van der Waals surface area contributed by atoms with Gasteiger partial charge in [0.15, 0.2) is 0 Å². The van der Waals surface area contributed by atoms with Crippen LogP contribution in [0.2, 0.25) is 0 Å². The van der Waals surface area contributed by atoms with Gasteiger partial charge in [-0.1, -0.05) is 13.3 Å². The van der Waals surface area contributed by atoms with E-state index in [1.54, 1.807) is 0 Å². The summed E-state index contributed by atoms with van der Waals surface area (Å²) >= 11 is 0. The van der Waals surface area contributed by atoms with Gasteiger partial charge in [-0.25, -0.2) is 0 Å². The minimum Gasteiger partial charge on any atom is -0.353 e. The van der Waals surface area contributed by atoms with Crippen molar-refractivity contribution in [2.45, 2.75) is 70.4 Å². The first-order chi connectivity index (χ1) is 10.2. The molecule has 0 spiro atoms. The van der Waals surface area contributed by atoms with Gasteiger partial charge >= 0.3 is 0 Å². The molecule has 0 aromatic carbocycles. The minimum atomic E-state index is 0.114. The maximum absolute atomic E-state index is 12.2. The van der Waals surface area contributed by atoms with Gasteiger partial charge in [0.2, 0.25) is 11.8 Å². The highest BCUT2D eigenvalue weighted by Crippen LogP contribution is 2.15. The molecule has 21 heavy (non-hydrogen) atoms. The Kier molecular flexibility index (Phi) is 6.49. The zero-order chi connectivity index (χ0) is 15.1. The van der Waals surface area contributed by atoms with Gasteiger partial charge in [-0.3, -0.25) is 9.59 Å². The molecule has 120 valence electrons. The first-order valence-electron chi connectivity index (χ1n) is 8.49. The van der Waals surface area contributed by atoms with Crippen LogP contribution in [0, 0.1) is 0 Å². The summed E-state index contributed by atoms with van der Waals surface area (Å²) in [4.78, 5) is 25.6. The summed E-state index contributed by atoms with van der Waals surface area (Å²) < 4.78 is 0. The normalized spacial score (nSPS) is 23.9. The molecule has 5 heteroatoms. The lowest BCUT2D eigenvalue weighted by molar-refractivity contribution is -0.132. The van der Waals surface area contributed by atoms with Crippen molar-refractivity contribution in [3.05, 3.63) is 0 Å². The van der Waals surface area contributed by atoms with Gasteiger partial charge in [0.1, 0.15) is 0 Å². The van der Waals surface area contributed by atoms with E-state index in [0.717, 1.165) is 38.9 Å². The first kappa shape index (κ1) is 16.3. The van der Waals surface area contributed by atoms with E-state index in [-0.39, 0.29) is 17.9 Å². The van der Waals surface area contributed by atoms with Crippen LogP contribution < -0.4 is 10.6 Å². The highest BCUT2D eigenvalue weighted by atomic mass is 16.2. The highest BCUT2D eigenvalue weighted by Gasteiger charge is 2.24. The van der Waals surface area contributed by atoms with Crippen molar-refractivity contribution in [3.63, 3.8) is 0 Å². The summed E-state index contributed by atoms with van der Waals surface area (Å²) in [5, 5.41) is 6.52. The van der Waals surface area contributed by atoms with Crippen molar-refractivity contribution >= 4 is 11.8 Å². The molecule has 2 amide bonds. The fourth-order valence-electron chi connectivity index (χ4n) is 3.23. The molecule has 2 N–H and O–H groups in total. The van der Waals surface area contributed by atoms with Crippen molar-refractivity contribution in [1.29, 1.82) is 0 Å². The molecule has 2 saturated heterocycles. The number of likely N-dealkylation sites (tertiary alicyclic amines) is 1. The van der Waals surface area contributed by atoms with Gasteiger partial charge in [-0.05, 0) is 38.6 Å². The Morgan fingerprint density at radius 2 is 1.95 bits per heavy atom. The summed E-state index contributed by atoms with van der Waals surface area (Å²) in [6.07, 6.45) is 7.69. The molecule has 5 nitrogen and oxygen atoms in total. The second-order valence-electron chi connectivity index (χ2n) is 6.26. The Hall–Kier alpha value is -1.10. The maximum atomic E-state index is 12.2. The molecule has 0 aromatic heterocycles. The predicted molar refractivity (Wildman–Crippen MR) is 82.9 cm³/mol. The van der Waals surface area contributed by atoms with Crippen LogP contribution in [0.5, 0.6) is 0 Å². The lowest BCUT2D eigenvalue weighted by Crippen LogP contribution is -2.46. The van der Waals surface area contributed by atoms with Crippen LogP contribution >= 0.6 is 0 Å². The molecule has 2 fully saturated rings. The SMILES string of the molecule is CCC(=O)NC1CCN(C(=O)CCC2CCCCN2)CC1. The van der Waals surface area contributed by atoms with E-state index in [1.807, 2.05) is 11.8 Å². The third-order valence-corrected chi connectivity index (χ3v) is 4.65. The fourth-order valence-corrected chi connectivity index (χ4v) is 3.23. The third-order valence-electron chi connectivity index (χ3n) is 4.65. The van der Waals surface area contributed by atoms with Gasteiger partial charge in [-0.15, -0.1) is 0 Å². The maximum Gasteiger partial charge on any atom is 0.222 e. The van der Waals surface area contributed by atoms with E-state index in [9.17, 15) is 9.59 Å². The van der Waals surface area contributed by atoms with Gasteiger partial charge in [-0.2, -0.15) is 0 Å². The summed E-state index contributed by atoms with van der Waals surface area (Å²) in [6, 6.07) is 0.783. The summed E-state index contributed by atoms with van der Waals surface area (Å²) in [5.74, 6) is 0.394. The van der Waals surface area contributed by atoms with Crippen molar-refractivity contribution in [3.8, 4) is 0 Å². The highest BCUT2D eigenvalue weighted by molar-refractivity contribution is 5.77. The second kappa shape index (κ2) is 8.37. The molecular weight excluding hydrogens is 266 g/mol. The van der Waals surface area contributed by atoms with Gasteiger partial charge in [0.25, 0.3) is 0 Å². The van der Waals surface area contributed by atoms with Gasteiger partial charge in [0.05, 0.1) is 0 Å². The molecule has 0 saturated carbocycles. The molecule has 2 rings (SSSR count). The number of carbonyl (C=O) groups excluding carboxylic acids is 2. The van der Waals surface area contributed by atoms with E-state index in [0.29, 0.717) is 18.9 Å². The topological polar surface area (TPSA) is 61.4 Å². The number of hydrogen-bond donors (Lipinski definition) is 2. The van der Waals surface area contributed by atoms with Gasteiger partial charge in [0, 0.05) is 38.0 Å². The quantitative estimate of drug-likeness (QED) is 0.806. The molecule has 0 aromatic rings. The van der Waals surface area contributed by atoms with Crippen molar-refractivity contribution in [2.24, 2.45) is 0 Å². The van der Waals surface area contributed by atoms with E-state index in [4.69, 9.17) is 0 Å². The average molecular weight is 295 g/mol. The Morgan fingerprint density at radius 1 is 1.19 bits per heavy atom. The third kappa shape index (κ3) is 5.30. The molecule has 1 unspecified atom stereocenters. The smallest absolute Gasteiger partial charge is 0.222 e. The molecule has 0 bridgehead atoms. The van der Waals surface area contributed by atoms with Crippen LogP contribution in [0.1, 0.15) is 58.3 Å². The van der Waals surface area contributed by atoms with Crippen LogP contribution in [0.3, 0.4) is 0 Å². The fraction of sp³-hybridized carbons (Fsp3) is 0.875. The van der Waals surface area contributed by atoms with Crippen LogP contribution in [0.4, 0.5) is 0 Å². The second-order valence-corrected chi connectivity index (χ2v) is 6.26. The van der Waals surface area contributed by atoms with Crippen molar-refractivity contribution < 1.29 is 9.59 Å². The summed E-state index contributed by atoms with van der Waals surface area (Å²) in [6.45, 7) is 4.53. The zero-order valence-electron chi connectivity index (χ0n) is 13.2. The summed E-state index contributed by atoms with van der Waals surface area (Å²) in [5.41, 5.74) is 0. The lowest BCUT2D eigenvalue weighted by Gasteiger charge is -2.33. The number of rotatable bonds is 5. The predicted octanol–water partition coefficient (Wildman–Crippen LogP) is 1.43. The van der Waals surface area contributed by atoms with E-state index < -0.39 is 0 Å². The number of carbonyl (C=O) groups is 2. The van der Waals surface area contributed by atoms with Crippen molar-refractivity contribution in [1.82, 2.24) is 15.5 Å². The summed E-state index contributed by atoms with van der Waals surface area (Å²) in [7, 11) is 0. The van der Waals surface area contributed by atoms with E-state index >= 15 is 0 Å². The molecule has 1 atom stereocenters. The van der Waals surface area contributed by atoms with Gasteiger partial charge < -0.3 is 15.5 Å².